The molecular weight excluding hydrogens is 274 g/mol. The van der Waals surface area contributed by atoms with Crippen LogP contribution in [0.5, 0.6) is 5.75 Å². The molecule has 0 aliphatic rings. The summed E-state index contributed by atoms with van der Waals surface area (Å²) in [6, 6.07) is 6.10. The van der Waals surface area contributed by atoms with Crippen molar-refractivity contribution in [3.63, 3.8) is 0 Å². The van der Waals surface area contributed by atoms with Crippen LogP contribution in [0.25, 0.3) is 0 Å². The number of benzene rings is 1. The monoisotopic (exact) mass is 299 g/mol. The maximum atomic E-state index is 6.29. The Morgan fingerprint density at radius 2 is 2.00 bits per heavy atom. The van der Waals surface area contributed by atoms with E-state index in [-0.39, 0.29) is 6.04 Å². The normalized spacial score (nSPS) is 12.4. The lowest BCUT2D eigenvalue weighted by atomic mass is 10.1. The van der Waals surface area contributed by atoms with Crippen molar-refractivity contribution < 1.29 is 9.47 Å². The van der Waals surface area contributed by atoms with Gasteiger partial charge < -0.3 is 14.8 Å². The van der Waals surface area contributed by atoms with Gasteiger partial charge in [0.25, 0.3) is 0 Å². The second-order valence-electron chi connectivity index (χ2n) is 4.78. The topological polar surface area (TPSA) is 30.5 Å². The Bertz CT molecular complexity index is 385. The van der Waals surface area contributed by atoms with Gasteiger partial charge in [0.1, 0.15) is 12.4 Å². The van der Waals surface area contributed by atoms with Crippen LogP contribution >= 0.6 is 11.6 Å². The first-order chi connectivity index (χ1) is 9.69. The summed E-state index contributed by atoms with van der Waals surface area (Å²) in [4.78, 5) is 0. The average molecular weight is 300 g/mol. The largest absolute Gasteiger partial charge is 0.491 e. The number of nitrogens with one attached hydrogen (secondary N) is 1. The summed E-state index contributed by atoms with van der Waals surface area (Å²) < 4.78 is 11.1. The van der Waals surface area contributed by atoms with Crippen molar-refractivity contribution in [3.05, 3.63) is 28.8 Å². The lowest BCUT2D eigenvalue weighted by Gasteiger charge is -2.15. The predicted molar refractivity (Wildman–Crippen MR) is 84.8 cm³/mol. The molecule has 1 aromatic rings. The Kier molecular flexibility index (Phi) is 8.67. The van der Waals surface area contributed by atoms with E-state index < -0.39 is 0 Å². The maximum Gasteiger partial charge on any atom is 0.120 e. The van der Waals surface area contributed by atoms with E-state index in [4.69, 9.17) is 21.1 Å². The zero-order valence-electron chi connectivity index (χ0n) is 12.7. The zero-order chi connectivity index (χ0) is 14.8. The highest BCUT2D eigenvalue weighted by molar-refractivity contribution is 6.31. The van der Waals surface area contributed by atoms with Crippen LogP contribution in [0, 0.1) is 0 Å². The fraction of sp³-hybridized carbons (Fsp3) is 0.625. The minimum atomic E-state index is 0.249. The molecule has 4 heteroatoms. The van der Waals surface area contributed by atoms with Gasteiger partial charge in [0.15, 0.2) is 0 Å². The van der Waals surface area contributed by atoms with E-state index in [9.17, 15) is 0 Å². The molecule has 114 valence electrons. The third-order valence-electron chi connectivity index (χ3n) is 3.09. The summed E-state index contributed by atoms with van der Waals surface area (Å²) in [5.41, 5.74) is 1.10. The molecule has 0 aliphatic heterocycles. The van der Waals surface area contributed by atoms with Crippen LogP contribution < -0.4 is 10.1 Å². The number of halogens is 1. The first-order valence-corrected chi connectivity index (χ1v) is 7.80. The molecule has 0 saturated carbocycles. The molecule has 1 rings (SSSR count). The molecular formula is C16H26ClNO2. The minimum Gasteiger partial charge on any atom is -0.491 e. The third-order valence-corrected chi connectivity index (χ3v) is 3.41. The molecule has 1 unspecified atom stereocenters. The molecule has 0 heterocycles. The number of ether oxygens (including phenoxy) is 2. The Morgan fingerprint density at radius 1 is 1.20 bits per heavy atom. The molecule has 0 aromatic heterocycles. The van der Waals surface area contributed by atoms with Crippen LogP contribution in [-0.4, -0.2) is 26.4 Å². The second kappa shape index (κ2) is 10.0. The fourth-order valence-electron chi connectivity index (χ4n) is 1.93. The second-order valence-corrected chi connectivity index (χ2v) is 5.18. The standard InChI is InChI=1S/C16H26ClNO2/c1-4-6-9-19-10-11-20-14-7-8-15(16(17)12-14)13(3)18-5-2/h7-8,12-13,18H,4-6,9-11H2,1-3H3. The third kappa shape index (κ3) is 6.12. The van der Waals surface area contributed by atoms with Crippen molar-refractivity contribution >= 4 is 11.6 Å². The van der Waals surface area contributed by atoms with Crippen LogP contribution in [0.1, 0.15) is 45.2 Å². The minimum absolute atomic E-state index is 0.249. The van der Waals surface area contributed by atoms with E-state index in [1.54, 1.807) is 0 Å². The lowest BCUT2D eigenvalue weighted by Crippen LogP contribution is -2.18. The summed E-state index contributed by atoms with van der Waals surface area (Å²) in [5.74, 6) is 0.793. The van der Waals surface area contributed by atoms with Gasteiger partial charge in [0.05, 0.1) is 6.61 Å². The molecule has 0 spiro atoms. The quantitative estimate of drug-likeness (QED) is 0.657. The average Bonchev–Trinajstić information content (AvgIpc) is 2.43. The number of rotatable bonds is 10. The smallest absolute Gasteiger partial charge is 0.120 e. The Balaban J connectivity index is 2.39. The van der Waals surface area contributed by atoms with Gasteiger partial charge >= 0.3 is 0 Å². The van der Waals surface area contributed by atoms with Crippen LogP contribution in [-0.2, 0) is 4.74 Å². The van der Waals surface area contributed by atoms with Gasteiger partial charge in [0.2, 0.25) is 0 Å². The highest BCUT2D eigenvalue weighted by Crippen LogP contribution is 2.27. The van der Waals surface area contributed by atoms with Crippen LogP contribution in [0.4, 0.5) is 0 Å². The molecule has 0 amide bonds. The van der Waals surface area contributed by atoms with Gasteiger partial charge in [-0.05, 0) is 37.6 Å². The van der Waals surface area contributed by atoms with Gasteiger partial charge in [-0.25, -0.2) is 0 Å². The van der Waals surface area contributed by atoms with Gasteiger partial charge in [0, 0.05) is 17.7 Å². The number of hydrogen-bond donors (Lipinski definition) is 1. The summed E-state index contributed by atoms with van der Waals surface area (Å²) in [6.45, 7) is 9.24. The molecule has 1 N–H and O–H groups in total. The van der Waals surface area contributed by atoms with Crippen molar-refractivity contribution in [1.82, 2.24) is 5.32 Å². The molecule has 0 aliphatic carbocycles. The van der Waals surface area contributed by atoms with Gasteiger partial charge in [-0.2, -0.15) is 0 Å². The van der Waals surface area contributed by atoms with E-state index >= 15 is 0 Å². The fourth-order valence-corrected chi connectivity index (χ4v) is 2.27. The molecule has 1 aromatic carbocycles. The van der Waals surface area contributed by atoms with E-state index in [0.29, 0.717) is 13.2 Å². The van der Waals surface area contributed by atoms with Crippen molar-refractivity contribution in [2.24, 2.45) is 0 Å². The summed E-state index contributed by atoms with van der Waals surface area (Å²) in [5, 5.41) is 4.09. The van der Waals surface area contributed by atoms with Gasteiger partial charge in [-0.3, -0.25) is 0 Å². The maximum absolute atomic E-state index is 6.29. The first-order valence-electron chi connectivity index (χ1n) is 7.42. The van der Waals surface area contributed by atoms with Gasteiger partial charge in [-0.1, -0.05) is 37.9 Å². The molecule has 3 nitrogen and oxygen atoms in total. The summed E-state index contributed by atoms with van der Waals surface area (Å²) in [6.07, 6.45) is 2.25. The molecule has 0 saturated heterocycles. The van der Waals surface area contributed by atoms with Crippen LogP contribution in [0.2, 0.25) is 5.02 Å². The Labute approximate surface area is 127 Å². The summed E-state index contributed by atoms with van der Waals surface area (Å²) in [7, 11) is 0. The Hall–Kier alpha value is -0.770. The molecule has 0 bridgehead atoms. The first kappa shape index (κ1) is 17.3. The molecule has 1 atom stereocenters. The van der Waals surface area contributed by atoms with E-state index in [1.165, 1.54) is 0 Å². The Morgan fingerprint density at radius 3 is 2.65 bits per heavy atom. The van der Waals surface area contributed by atoms with E-state index in [1.807, 2.05) is 18.2 Å². The zero-order valence-corrected chi connectivity index (χ0v) is 13.5. The van der Waals surface area contributed by atoms with Gasteiger partial charge in [-0.15, -0.1) is 0 Å². The van der Waals surface area contributed by atoms with E-state index in [2.05, 4.69) is 26.1 Å². The van der Waals surface area contributed by atoms with Crippen molar-refractivity contribution in [2.75, 3.05) is 26.4 Å². The lowest BCUT2D eigenvalue weighted by molar-refractivity contribution is 0.0980. The van der Waals surface area contributed by atoms with Crippen molar-refractivity contribution in [2.45, 2.75) is 39.7 Å². The molecule has 0 radical (unpaired) electrons. The van der Waals surface area contributed by atoms with Crippen LogP contribution in [0.15, 0.2) is 18.2 Å². The predicted octanol–water partition coefficient (Wildman–Crippen LogP) is 4.21. The molecule has 0 fully saturated rings. The highest BCUT2D eigenvalue weighted by atomic mass is 35.5. The molecule has 20 heavy (non-hydrogen) atoms. The highest BCUT2D eigenvalue weighted by Gasteiger charge is 2.09. The summed E-state index contributed by atoms with van der Waals surface area (Å²) >= 11 is 6.29. The SMILES string of the molecule is CCCCOCCOc1ccc(C(C)NCC)c(Cl)c1. The number of unbranched alkanes of at least 4 members (excludes halogenated alkanes) is 1. The number of hydrogen-bond acceptors (Lipinski definition) is 3. The van der Waals surface area contributed by atoms with E-state index in [0.717, 1.165) is 42.3 Å². The van der Waals surface area contributed by atoms with Crippen LogP contribution in [0.3, 0.4) is 0 Å². The van der Waals surface area contributed by atoms with Crippen molar-refractivity contribution in [1.29, 1.82) is 0 Å². The van der Waals surface area contributed by atoms with Crippen molar-refractivity contribution in [3.8, 4) is 5.75 Å².